The summed E-state index contributed by atoms with van der Waals surface area (Å²) in [5.74, 6) is -0.896. The van der Waals surface area contributed by atoms with Crippen molar-refractivity contribution >= 4 is 28.9 Å². The molecule has 0 radical (unpaired) electrons. The number of hydrogen-bond donors (Lipinski definition) is 2. The number of nitrogens with two attached hydrogens (primary N) is 1. The lowest BCUT2D eigenvalue weighted by Gasteiger charge is -2.07. The Morgan fingerprint density at radius 3 is 2.67 bits per heavy atom. The van der Waals surface area contributed by atoms with E-state index in [0.717, 1.165) is 6.07 Å². The molecule has 3 N–H and O–H groups in total. The minimum Gasteiger partial charge on any atom is -0.399 e. The molecule has 2 aromatic carbocycles. The number of nitrogen functional groups attached to an aromatic ring is 1. The predicted octanol–water partition coefficient (Wildman–Crippen LogP) is 3.31. The first-order valence-electron chi connectivity index (χ1n) is 5.18. The number of carbonyl (C=O) groups excluding carboxylic acids is 1. The highest BCUT2D eigenvalue weighted by molar-refractivity contribution is 6.34. The zero-order chi connectivity index (χ0) is 13.1. The third-order valence-electron chi connectivity index (χ3n) is 2.33. The molecule has 1 amide bonds. The average molecular weight is 265 g/mol. The van der Waals surface area contributed by atoms with E-state index in [4.69, 9.17) is 17.3 Å². The Hall–Kier alpha value is -2.07. The van der Waals surface area contributed by atoms with Crippen LogP contribution in [0.4, 0.5) is 15.8 Å². The highest BCUT2D eigenvalue weighted by Crippen LogP contribution is 2.24. The predicted molar refractivity (Wildman–Crippen MR) is 70.2 cm³/mol. The summed E-state index contributed by atoms with van der Waals surface area (Å²) in [7, 11) is 0. The smallest absolute Gasteiger partial charge is 0.255 e. The number of benzene rings is 2. The van der Waals surface area contributed by atoms with E-state index in [1.807, 2.05) is 0 Å². The van der Waals surface area contributed by atoms with E-state index >= 15 is 0 Å². The van der Waals surface area contributed by atoms with Gasteiger partial charge in [0, 0.05) is 11.3 Å². The fourth-order valence-electron chi connectivity index (χ4n) is 1.46. The Balaban J connectivity index is 2.21. The Morgan fingerprint density at radius 1 is 1.22 bits per heavy atom. The molecule has 0 aliphatic carbocycles. The molecule has 0 saturated carbocycles. The Kier molecular flexibility index (Phi) is 3.48. The maximum Gasteiger partial charge on any atom is 0.255 e. The largest absolute Gasteiger partial charge is 0.399 e. The van der Waals surface area contributed by atoms with Gasteiger partial charge in [-0.15, -0.1) is 0 Å². The lowest BCUT2D eigenvalue weighted by atomic mass is 10.2. The highest BCUT2D eigenvalue weighted by atomic mass is 35.5. The molecule has 2 aromatic rings. The standard InChI is InChI=1S/C13H10ClFN2O/c14-11-7-10(16)4-5-12(11)17-13(18)8-2-1-3-9(15)6-8/h1-7H,16H2,(H,17,18). The number of carbonyl (C=O) groups is 1. The molecule has 0 bridgehead atoms. The molecule has 2 rings (SSSR count). The Labute approximate surface area is 108 Å². The molecule has 0 fully saturated rings. The minimum absolute atomic E-state index is 0.225. The number of hydrogen-bond acceptors (Lipinski definition) is 2. The van der Waals surface area contributed by atoms with Gasteiger partial charge in [-0.3, -0.25) is 4.79 Å². The molecule has 0 atom stereocenters. The van der Waals surface area contributed by atoms with E-state index in [9.17, 15) is 9.18 Å². The van der Waals surface area contributed by atoms with Gasteiger partial charge in [-0.2, -0.15) is 0 Å². The monoisotopic (exact) mass is 264 g/mol. The van der Waals surface area contributed by atoms with Gasteiger partial charge in [-0.1, -0.05) is 17.7 Å². The van der Waals surface area contributed by atoms with Crippen LogP contribution in [0.5, 0.6) is 0 Å². The van der Waals surface area contributed by atoms with Gasteiger partial charge in [-0.25, -0.2) is 4.39 Å². The molecule has 0 spiro atoms. The summed E-state index contributed by atoms with van der Waals surface area (Å²) in [6.07, 6.45) is 0. The molecule has 0 heterocycles. The van der Waals surface area contributed by atoms with E-state index < -0.39 is 11.7 Å². The summed E-state index contributed by atoms with van der Waals surface area (Å²) < 4.78 is 13.0. The number of nitrogens with one attached hydrogen (secondary N) is 1. The lowest BCUT2D eigenvalue weighted by molar-refractivity contribution is 0.102. The van der Waals surface area contributed by atoms with Crippen LogP contribution in [0.3, 0.4) is 0 Å². The molecule has 18 heavy (non-hydrogen) atoms. The van der Waals surface area contributed by atoms with E-state index in [-0.39, 0.29) is 5.56 Å². The summed E-state index contributed by atoms with van der Waals surface area (Å²) in [6, 6.07) is 10.1. The van der Waals surface area contributed by atoms with Crippen molar-refractivity contribution in [3.05, 3.63) is 58.9 Å². The van der Waals surface area contributed by atoms with Gasteiger partial charge >= 0.3 is 0 Å². The second-order valence-corrected chi connectivity index (χ2v) is 4.11. The van der Waals surface area contributed by atoms with Gasteiger partial charge in [0.05, 0.1) is 10.7 Å². The summed E-state index contributed by atoms with van der Waals surface area (Å²) in [5, 5.41) is 2.92. The highest BCUT2D eigenvalue weighted by Gasteiger charge is 2.09. The quantitative estimate of drug-likeness (QED) is 0.818. The number of halogens is 2. The van der Waals surface area contributed by atoms with Gasteiger partial charge in [0.15, 0.2) is 0 Å². The van der Waals surface area contributed by atoms with Crippen LogP contribution in [-0.4, -0.2) is 5.91 Å². The zero-order valence-corrected chi connectivity index (χ0v) is 10.0. The molecule has 3 nitrogen and oxygen atoms in total. The second kappa shape index (κ2) is 5.06. The maximum atomic E-state index is 13.0. The normalized spacial score (nSPS) is 10.1. The summed E-state index contributed by atoms with van der Waals surface area (Å²) >= 11 is 5.92. The molecular formula is C13H10ClFN2O. The van der Waals surface area contributed by atoms with E-state index in [0.29, 0.717) is 16.4 Å². The van der Waals surface area contributed by atoms with Crippen LogP contribution in [0.1, 0.15) is 10.4 Å². The summed E-state index contributed by atoms with van der Waals surface area (Å²) in [6.45, 7) is 0. The van der Waals surface area contributed by atoms with Gasteiger partial charge in [-0.05, 0) is 36.4 Å². The topological polar surface area (TPSA) is 55.1 Å². The molecule has 0 aliphatic rings. The van der Waals surface area contributed by atoms with Crippen LogP contribution < -0.4 is 11.1 Å². The van der Waals surface area contributed by atoms with Crippen LogP contribution in [0, 0.1) is 5.82 Å². The lowest BCUT2D eigenvalue weighted by Crippen LogP contribution is -2.12. The zero-order valence-electron chi connectivity index (χ0n) is 9.28. The first-order chi connectivity index (χ1) is 8.56. The van der Waals surface area contributed by atoms with E-state index in [1.165, 1.54) is 24.3 Å². The molecule has 5 heteroatoms. The first-order valence-corrected chi connectivity index (χ1v) is 5.56. The van der Waals surface area contributed by atoms with Gasteiger partial charge in [0.1, 0.15) is 5.82 Å². The third kappa shape index (κ3) is 2.78. The third-order valence-corrected chi connectivity index (χ3v) is 2.64. The van der Waals surface area contributed by atoms with Gasteiger partial charge < -0.3 is 11.1 Å². The Bertz CT molecular complexity index is 601. The van der Waals surface area contributed by atoms with Crippen LogP contribution in [0.25, 0.3) is 0 Å². The minimum atomic E-state index is -0.467. The van der Waals surface area contributed by atoms with Crippen LogP contribution in [0.2, 0.25) is 5.02 Å². The van der Waals surface area contributed by atoms with Crippen molar-refractivity contribution in [2.24, 2.45) is 0 Å². The van der Waals surface area contributed by atoms with E-state index in [1.54, 1.807) is 12.1 Å². The van der Waals surface area contributed by atoms with Crippen molar-refractivity contribution in [3.63, 3.8) is 0 Å². The van der Waals surface area contributed by atoms with Crippen molar-refractivity contribution in [3.8, 4) is 0 Å². The summed E-state index contributed by atoms with van der Waals surface area (Å²) in [4.78, 5) is 11.8. The number of anilines is 2. The first kappa shape index (κ1) is 12.4. The van der Waals surface area contributed by atoms with Crippen LogP contribution in [0.15, 0.2) is 42.5 Å². The Morgan fingerprint density at radius 2 is 2.00 bits per heavy atom. The van der Waals surface area contributed by atoms with Crippen molar-refractivity contribution in [2.45, 2.75) is 0 Å². The van der Waals surface area contributed by atoms with Crippen molar-refractivity contribution in [2.75, 3.05) is 11.1 Å². The van der Waals surface area contributed by atoms with Crippen molar-refractivity contribution in [1.29, 1.82) is 0 Å². The van der Waals surface area contributed by atoms with Crippen molar-refractivity contribution in [1.82, 2.24) is 0 Å². The second-order valence-electron chi connectivity index (χ2n) is 3.70. The molecule has 0 aliphatic heterocycles. The summed E-state index contributed by atoms with van der Waals surface area (Å²) in [5.41, 5.74) is 6.70. The van der Waals surface area contributed by atoms with E-state index in [2.05, 4.69) is 5.32 Å². The average Bonchev–Trinajstić information content (AvgIpc) is 2.32. The molecular weight excluding hydrogens is 255 g/mol. The van der Waals surface area contributed by atoms with Crippen molar-refractivity contribution < 1.29 is 9.18 Å². The maximum absolute atomic E-state index is 13.0. The van der Waals surface area contributed by atoms with Gasteiger partial charge in [0.2, 0.25) is 0 Å². The fourth-order valence-corrected chi connectivity index (χ4v) is 1.69. The fraction of sp³-hybridized carbons (Fsp3) is 0. The van der Waals surface area contributed by atoms with Crippen LogP contribution >= 0.6 is 11.6 Å². The van der Waals surface area contributed by atoms with Crippen LogP contribution in [-0.2, 0) is 0 Å². The number of amides is 1. The molecule has 0 saturated heterocycles. The number of rotatable bonds is 2. The molecule has 0 aromatic heterocycles. The molecule has 92 valence electrons. The SMILES string of the molecule is Nc1ccc(NC(=O)c2cccc(F)c2)c(Cl)c1. The molecule has 0 unspecified atom stereocenters. The van der Waals surface area contributed by atoms with Gasteiger partial charge in [0.25, 0.3) is 5.91 Å².